The first-order valence-corrected chi connectivity index (χ1v) is 6.93. The number of hydrogen-bond acceptors (Lipinski definition) is 4. The van der Waals surface area contributed by atoms with Gasteiger partial charge in [-0.15, -0.1) is 0 Å². The maximum Gasteiger partial charge on any atom is 0.188 e. The van der Waals surface area contributed by atoms with Gasteiger partial charge in [-0.05, 0) is 23.3 Å². The van der Waals surface area contributed by atoms with Crippen LogP contribution in [-0.4, -0.2) is 27.8 Å². The Balaban J connectivity index is 2.18. The van der Waals surface area contributed by atoms with Crippen molar-refractivity contribution in [3.05, 3.63) is 59.7 Å². The molecular weight excluding hydrogens is 280 g/mol. The Kier molecular flexibility index (Phi) is 6.48. The third kappa shape index (κ3) is 5.24. The molecule has 0 amide bonds. The fourth-order valence-corrected chi connectivity index (χ4v) is 1.87. The van der Waals surface area contributed by atoms with E-state index in [1.54, 1.807) is 20.3 Å². The summed E-state index contributed by atoms with van der Waals surface area (Å²) < 4.78 is 20.8. The van der Waals surface area contributed by atoms with Crippen molar-refractivity contribution >= 4 is 12.2 Å². The predicted octanol–water partition coefficient (Wildman–Crippen LogP) is 3.82. The minimum Gasteiger partial charge on any atom is -0.467 e. The van der Waals surface area contributed by atoms with E-state index in [0.29, 0.717) is 11.5 Å². The third-order valence-electron chi connectivity index (χ3n) is 2.86. The van der Waals surface area contributed by atoms with E-state index in [1.807, 2.05) is 54.6 Å². The molecule has 2 rings (SSSR count). The first kappa shape index (κ1) is 16.1. The van der Waals surface area contributed by atoms with Crippen molar-refractivity contribution < 1.29 is 18.9 Å². The molecule has 0 aliphatic carbocycles. The van der Waals surface area contributed by atoms with E-state index in [-0.39, 0.29) is 13.6 Å². The van der Waals surface area contributed by atoms with Crippen LogP contribution in [0.4, 0.5) is 0 Å². The van der Waals surface area contributed by atoms with E-state index in [1.165, 1.54) is 0 Å². The molecule has 2 aromatic rings. The van der Waals surface area contributed by atoms with Crippen LogP contribution in [0.2, 0.25) is 0 Å². The van der Waals surface area contributed by atoms with Crippen LogP contribution in [0.5, 0.6) is 11.5 Å². The van der Waals surface area contributed by atoms with Crippen molar-refractivity contribution in [3.63, 3.8) is 0 Å². The van der Waals surface area contributed by atoms with Gasteiger partial charge in [0.05, 0.1) is 0 Å². The molecule has 4 nitrogen and oxygen atoms in total. The summed E-state index contributed by atoms with van der Waals surface area (Å²) in [6.07, 6.45) is 4.05. The summed E-state index contributed by atoms with van der Waals surface area (Å²) in [4.78, 5) is 0. The van der Waals surface area contributed by atoms with E-state index < -0.39 is 0 Å². The molecular formula is C18H20O4. The normalized spacial score (nSPS) is 10.8. The smallest absolute Gasteiger partial charge is 0.188 e. The van der Waals surface area contributed by atoms with E-state index in [4.69, 9.17) is 18.9 Å². The molecule has 0 saturated heterocycles. The molecule has 0 N–H and O–H groups in total. The van der Waals surface area contributed by atoms with E-state index in [9.17, 15) is 0 Å². The molecule has 0 aromatic heterocycles. The van der Waals surface area contributed by atoms with Crippen LogP contribution in [0.15, 0.2) is 48.5 Å². The summed E-state index contributed by atoms with van der Waals surface area (Å²) in [6.45, 7) is 0.380. The molecule has 0 bridgehead atoms. The van der Waals surface area contributed by atoms with Crippen molar-refractivity contribution in [1.29, 1.82) is 0 Å². The highest BCUT2D eigenvalue weighted by Gasteiger charge is 2.02. The van der Waals surface area contributed by atoms with Gasteiger partial charge in [0.1, 0.15) is 11.5 Å². The Morgan fingerprint density at radius 3 is 1.82 bits per heavy atom. The van der Waals surface area contributed by atoms with Gasteiger partial charge in [-0.25, -0.2) is 0 Å². The second-order valence-electron chi connectivity index (χ2n) is 4.58. The average molecular weight is 300 g/mol. The largest absolute Gasteiger partial charge is 0.467 e. The Morgan fingerprint density at radius 2 is 1.27 bits per heavy atom. The van der Waals surface area contributed by atoms with Crippen LogP contribution >= 0.6 is 0 Å². The molecule has 2 aromatic carbocycles. The predicted molar refractivity (Wildman–Crippen MR) is 86.8 cm³/mol. The third-order valence-corrected chi connectivity index (χ3v) is 2.86. The molecule has 4 heteroatoms. The van der Waals surface area contributed by atoms with E-state index in [0.717, 1.165) is 11.1 Å². The Bertz CT molecular complexity index is 567. The van der Waals surface area contributed by atoms with Crippen molar-refractivity contribution in [2.24, 2.45) is 0 Å². The molecule has 0 unspecified atom stereocenters. The van der Waals surface area contributed by atoms with Gasteiger partial charge in [-0.3, -0.25) is 0 Å². The number of rotatable bonds is 8. The number of hydrogen-bond donors (Lipinski definition) is 0. The zero-order chi connectivity index (χ0) is 15.6. The van der Waals surface area contributed by atoms with E-state index >= 15 is 0 Å². The Morgan fingerprint density at radius 1 is 0.727 bits per heavy atom. The van der Waals surface area contributed by atoms with Gasteiger partial charge in [0.15, 0.2) is 13.6 Å². The van der Waals surface area contributed by atoms with Crippen molar-refractivity contribution in [2.75, 3.05) is 27.8 Å². The van der Waals surface area contributed by atoms with Crippen LogP contribution < -0.4 is 9.47 Å². The van der Waals surface area contributed by atoms with Gasteiger partial charge in [-0.1, -0.05) is 42.5 Å². The quantitative estimate of drug-likeness (QED) is 0.548. The monoisotopic (exact) mass is 300 g/mol. The molecule has 0 atom stereocenters. The van der Waals surface area contributed by atoms with Gasteiger partial charge in [-0.2, -0.15) is 0 Å². The average Bonchev–Trinajstić information content (AvgIpc) is 2.57. The van der Waals surface area contributed by atoms with E-state index in [2.05, 4.69) is 0 Å². The minimum atomic E-state index is 0.190. The molecule has 0 aliphatic rings. The molecule has 0 saturated carbocycles. The summed E-state index contributed by atoms with van der Waals surface area (Å²) in [6, 6.07) is 15.8. The standard InChI is InChI=1S/C18H20O4/c1-19-13-21-17-10-16(11-18(12-17)22-14-20-2)9-8-15-6-4-3-5-7-15/h3-12H,13-14H2,1-2H3/b9-8+. The van der Waals surface area contributed by atoms with Crippen LogP contribution in [0.1, 0.15) is 11.1 Å². The first-order chi connectivity index (χ1) is 10.8. The van der Waals surface area contributed by atoms with Crippen molar-refractivity contribution in [3.8, 4) is 11.5 Å². The second-order valence-corrected chi connectivity index (χ2v) is 4.58. The van der Waals surface area contributed by atoms with Gasteiger partial charge < -0.3 is 18.9 Å². The Labute approximate surface area is 130 Å². The molecule has 0 fully saturated rings. The molecule has 0 heterocycles. The van der Waals surface area contributed by atoms with Gasteiger partial charge >= 0.3 is 0 Å². The summed E-state index contributed by atoms with van der Waals surface area (Å²) >= 11 is 0. The second kappa shape index (κ2) is 8.87. The zero-order valence-electron chi connectivity index (χ0n) is 12.8. The lowest BCUT2D eigenvalue weighted by atomic mass is 10.1. The first-order valence-electron chi connectivity index (χ1n) is 6.93. The molecule has 116 valence electrons. The number of benzene rings is 2. The summed E-state index contributed by atoms with van der Waals surface area (Å²) in [5, 5.41) is 0. The van der Waals surface area contributed by atoms with Crippen LogP contribution in [0, 0.1) is 0 Å². The molecule has 0 aliphatic heterocycles. The SMILES string of the molecule is COCOc1cc(/C=C/c2ccccc2)cc(OCOC)c1. The summed E-state index contributed by atoms with van der Waals surface area (Å²) in [7, 11) is 3.17. The molecule has 0 radical (unpaired) electrons. The van der Waals surface area contributed by atoms with Gasteiger partial charge in [0, 0.05) is 20.3 Å². The lowest BCUT2D eigenvalue weighted by Crippen LogP contribution is -2.02. The van der Waals surface area contributed by atoms with Crippen LogP contribution in [-0.2, 0) is 9.47 Å². The molecule has 0 spiro atoms. The summed E-state index contributed by atoms with van der Waals surface area (Å²) in [5.41, 5.74) is 2.11. The Hall–Kier alpha value is -2.30. The topological polar surface area (TPSA) is 36.9 Å². The van der Waals surface area contributed by atoms with Crippen molar-refractivity contribution in [2.45, 2.75) is 0 Å². The van der Waals surface area contributed by atoms with Crippen molar-refractivity contribution in [1.82, 2.24) is 0 Å². The fraction of sp³-hybridized carbons (Fsp3) is 0.222. The lowest BCUT2D eigenvalue weighted by Gasteiger charge is -2.10. The highest BCUT2D eigenvalue weighted by Crippen LogP contribution is 2.24. The molecule has 22 heavy (non-hydrogen) atoms. The van der Waals surface area contributed by atoms with Crippen LogP contribution in [0.25, 0.3) is 12.2 Å². The number of ether oxygens (including phenoxy) is 4. The zero-order valence-corrected chi connectivity index (χ0v) is 12.8. The minimum absolute atomic E-state index is 0.190. The highest BCUT2D eigenvalue weighted by molar-refractivity contribution is 5.70. The maximum atomic E-state index is 5.49. The van der Waals surface area contributed by atoms with Gasteiger partial charge in [0.2, 0.25) is 0 Å². The highest BCUT2D eigenvalue weighted by atomic mass is 16.7. The lowest BCUT2D eigenvalue weighted by molar-refractivity contribution is 0.0460. The number of methoxy groups -OCH3 is 2. The fourth-order valence-electron chi connectivity index (χ4n) is 1.87. The van der Waals surface area contributed by atoms with Crippen LogP contribution in [0.3, 0.4) is 0 Å². The maximum absolute atomic E-state index is 5.49. The summed E-state index contributed by atoms with van der Waals surface area (Å²) in [5.74, 6) is 1.37. The van der Waals surface area contributed by atoms with Gasteiger partial charge in [0.25, 0.3) is 0 Å².